The molecule has 1 unspecified atom stereocenters. The SMILES string of the molecule is CC(C)c1ccc2cc(CC(C)c3ccc4cc[nH]c4c3)[nH]c2c1. The average molecular weight is 316 g/mol. The first kappa shape index (κ1) is 15.1. The molecular weight excluding hydrogens is 292 g/mol. The summed E-state index contributed by atoms with van der Waals surface area (Å²) in [4.78, 5) is 6.93. The number of hydrogen-bond donors (Lipinski definition) is 2. The van der Waals surface area contributed by atoms with Crippen LogP contribution in [0.2, 0.25) is 0 Å². The lowest BCUT2D eigenvalue weighted by Crippen LogP contribution is -1.98. The van der Waals surface area contributed by atoms with Crippen LogP contribution in [0.25, 0.3) is 21.8 Å². The van der Waals surface area contributed by atoms with Crippen molar-refractivity contribution in [3.8, 4) is 0 Å². The molecule has 0 fully saturated rings. The Bertz CT molecular complexity index is 987. The van der Waals surface area contributed by atoms with E-state index in [1.165, 1.54) is 38.6 Å². The van der Waals surface area contributed by atoms with Gasteiger partial charge in [-0.2, -0.15) is 0 Å². The molecule has 0 spiro atoms. The highest BCUT2D eigenvalue weighted by Crippen LogP contribution is 2.27. The molecule has 0 saturated heterocycles. The monoisotopic (exact) mass is 316 g/mol. The van der Waals surface area contributed by atoms with Gasteiger partial charge in [0.2, 0.25) is 0 Å². The van der Waals surface area contributed by atoms with Gasteiger partial charge >= 0.3 is 0 Å². The Labute approximate surface area is 142 Å². The molecule has 0 radical (unpaired) electrons. The van der Waals surface area contributed by atoms with Gasteiger partial charge in [0.15, 0.2) is 0 Å². The Kier molecular flexibility index (Phi) is 3.68. The van der Waals surface area contributed by atoms with Crippen molar-refractivity contribution in [3.63, 3.8) is 0 Å². The van der Waals surface area contributed by atoms with Crippen LogP contribution in [0.5, 0.6) is 0 Å². The molecule has 0 aliphatic heterocycles. The van der Waals surface area contributed by atoms with Gasteiger partial charge in [-0.3, -0.25) is 0 Å². The number of aromatic nitrogens is 2. The molecule has 0 amide bonds. The fourth-order valence-corrected chi connectivity index (χ4v) is 3.49. The molecule has 2 N–H and O–H groups in total. The fraction of sp³-hybridized carbons (Fsp3) is 0.273. The van der Waals surface area contributed by atoms with Gasteiger partial charge in [0.1, 0.15) is 0 Å². The van der Waals surface area contributed by atoms with E-state index < -0.39 is 0 Å². The summed E-state index contributed by atoms with van der Waals surface area (Å²) in [6.45, 7) is 6.78. The zero-order chi connectivity index (χ0) is 16.7. The number of hydrogen-bond acceptors (Lipinski definition) is 0. The Morgan fingerprint density at radius 2 is 1.54 bits per heavy atom. The lowest BCUT2D eigenvalue weighted by atomic mass is 9.95. The molecule has 24 heavy (non-hydrogen) atoms. The highest BCUT2D eigenvalue weighted by atomic mass is 14.7. The second kappa shape index (κ2) is 5.86. The van der Waals surface area contributed by atoms with Crippen molar-refractivity contribution in [2.24, 2.45) is 0 Å². The van der Waals surface area contributed by atoms with E-state index in [0.717, 1.165) is 6.42 Å². The molecular formula is C22H24N2. The maximum Gasteiger partial charge on any atom is 0.0458 e. The van der Waals surface area contributed by atoms with Crippen molar-refractivity contribution >= 4 is 21.8 Å². The Hall–Kier alpha value is -2.48. The first-order valence-electron chi connectivity index (χ1n) is 8.79. The van der Waals surface area contributed by atoms with E-state index in [1.54, 1.807) is 0 Å². The second-order valence-electron chi connectivity index (χ2n) is 7.23. The van der Waals surface area contributed by atoms with Gasteiger partial charge in [0.25, 0.3) is 0 Å². The van der Waals surface area contributed by atoms with Crippen LogP contribution in [0.4, 0.5) is 0 Å². The number of aromatic amines is 2. The topological polar surface area (TPSA) is 31.6 Å². The molecule has 0 aliphatic carbocycles. The predicted octanol–water partition coefficient (Wildman–Crippen LogP) is 6.12. The molecule has 2 heterocycles. The third-order valence-corrected chi connectivity index (χ3v) is 5.04. The van der Waals surface area contributed by atoms with Gasteiger partial charge in [-0.25, -0.2) is 0 Å². The van der Waals surface area contributed by atoms with E-state index >= 15 is 0 Å². The fourth-order valence-electron chi connectivity index (χ4n) is 3.49. The summed E-state index contributed by atoms with van der Waals surface area (Å²) in [6.07, 6.45) is 3.03. The molecule has 1 atom stereocenters. The number of benzene rings is 2. The van der Waals surface area contributed by atoms with Crippen LogP contribution in [0.3, 0.4) is 0 Å². The molecule has 4 aromatic rings. The summed E-state index contributed by atoms with van der Waals surface area (Å²) in [5.74, 6) is 1.04. The third kappa shape index (κ3) is 2.73. The summed E-state index contributed by atoms with van der Waals surface area (Å²) in [5, 5.41) is 2.58. The normalized spacial score (nSPS) is 13.2. The average Bonchev–Trinajstić information content (AvgIpc) is 3.18. The Balaban J connectivity index is 1.60. The standard InChI is InChI=1S/C22H24N2/c1-14(2)17-5-7-19-11-20(24-22(19)12-17)10-15(3)18-6-4-16-8-9-23-21(16)13-18/h4-9,11-15,23-24H,10H2,1-3H3. The lowest BCUT2D eigenvalue weighted by Gasteiger charge is -2.11. The van der Waals surface area contributed by atoms with Crippen molar-refractivity contribution in [2.75, 3.05) is 0 Å². The first-order valence-corrected chi connectivity index (χ1v) is 8.79. The van der Waals surface area contributed by atoms with Crippen LogP contribution in [0, 0.1) is 0 Å². The zero-order valence-electron chi connectivity index (χ0n) is 14.6. The van der Waals surface area contributed by atoms with Gasteiger partial charge in [0, 0.05) is 22.9 Å². The molecule has 4 rings (SSSR count). The Morgan fingerprint density at radius 1 is 0.792 bits per heavy atom. The van der Waals surface area contributed by atoms with Gasteiger partial charge in [-0.15, -0.1) is 0 Å². The van der Waals surface area contributed by atoms with Gasteiger partial charge < -0.3 is 9.97 Å². The quantitative estimate of drug-likeness (QED) is 0.454. The molecule has 2 heteroatoms. The number of H-pyrrole nitrogens is 2. The smallest absolute Gasteiger partial charge is 0.0458 e. The van der Waals surface area contributed by atoms with Crippen LogP contribution in [0.15, 0.2) is 54.7 Å². The first-order chi connectivity index (χ1) is 11.6. The lowest BCUT2D eigenvalue weighted by molar-refractivity contribution is 0.747. The van der Waals surface area contributed by atoms with E-state index in [9.17, 15) is 0 Å². The van der Waals surface area contributed by atoms with E-state index in [4.69, 9.17) is 0 Å². The number of nitrogens with one attached hydrogen (secondary N) is 2. The van der Waals surface area contributed by atoms with Crippen LogP contribution >= 0.6 is 0 Å². The molecule has 0 saturated carbocycles. The molecule has 2 nitrogen and oxygen atoms in total. The summed E-state index contributed by atoms with van der Waals surface area (Å²) in [6, 6.07) is 17.9. The van der Waals surface area contributed by atoms with Crippen LogP contribution in [0.1, 0.15) is 49.4 Å². The van der Waals surface area contributed by atoms with Crippen LogP contribution in [-0.2, 0) is 6.42 Å². The van der Waals surface area contributed by atoms with Crippen molar-refractivity contribution < 1.29 is 0 Å². The second-order valence-corrected chi connectivity index (χ2v) is 7.23. The van der Waals surface area contributed by atoms with Gasteiger partial charge in [0.05, 0.1) is 0 Å². The van der Waals surface area contributed by atoms with Crippen LogP contribution < -0.4 is 0 Å². The molecule has 2 aromatic heterocycles. The maximum atomic E-state index is 3.62. The number of rotatable bonds is 4. The molecule has 0 aliphatic rings. The van der Waals surface area contributed by atoms with E-state index in [-0.39, 0.29) is 0 Å². The summed E-state index contributed by atoms with van der Waals surface area (Å²) in [7, 11) is 0. The third-order valence-electron chi connectivity index (χ3n) is 5.04. The maximum absolute atomic E-state index is 3.62. The van der Waals surface area contributed by atoms with E-state index in [1.807, 2.05) is 6.20 Å². The zero-order valence-corrected chi connectivity index (χ0v) is 14.6. The van der Waals surface area contributed by atoms with Crippen molar-refractivity contribution in [2.45, 2.75) is 39.0 Å². The minimum Gasteiger partial charge on any atom is -0.361 e. The summed E-state index contributed by atoms with van der Waals surface area (Å²) < 4.78 is 0. The minimum absolute atomic E-state index is 0.482. The molecule has 0 bridgehead atoms. The van der Waals surface area contributed by atoms with E-state index in [2.05, 4.69) is 79.3 Å². The van der Waals surface area contributed by atoms with E-state index in [0.29, 0.717) is 11.8 Å². The Morgan fingerprint density at radius 3 is 2.38 bits per heavy atom. The highest BCUT2D eigenvalue weighted by molar-refractivity contribution is 5.81. The molecule has 122 valence electrons. The predicted molar refractivity (Wildman–Crippen MR) is 103 cm³/mol. The summed E-state index contributed by atoms with van der Waals surface area (Å²) >= 11 is 0. The van der Waals surface area contributed by atoms with Gasteiger partial charge in [-0.1, -0.05) is 45.0 Å². The largest absolute Gasteiger partial charge is 0.361 e. The number of fused-ring (bicyclic) bond motifs is 2. The summed E-state index contributed by atoms with van der Waals surface area (Å²) in [5.41, 5.74) is 6.55. The van der Waals surface area contributed by atoms with Crippen molar-refractivity contribution in [1.29, 1.82) is 0 Å². The van der Waals surface area contributed by atoms with Crippen molar-refractivity contribution in [1.82, 2.24) is 9.97 Å². The molecule has 2 aromatic carbocycles. The minimum atomic E-state index is 0.482. The van der Waals surface area contributed by atoms with Crippen LogP contribution in [-0.4, -0.2) is 9.97 Å². The van der Waals surface area contributed by atoms with Crippen molar-refractivity contribution in [3.05, 3.63) is 71.5 Å². The van der Waals surface area contributed by atoms with Gasteiger partial charge in [-0.05, 0) is 64.4 Å². The highest BCUT2D eigenvalue weighted by Gasteiger charge is 2.11.